The van der Waals surface area contributed by atoms with E-state index in [9.17, 15) is 4.79 Å². The molecule has 0 spiro atoms. The van der Waals surface area contributed by atoms with Crippen molar-refractivity contribution < 1.29 is 8.83 Å². The highest BCUT2D eigenvalue weighted by Crippen LogP contribution is 2.24. The van der Waals surface area contributed by atoms with Crippen LogP contribution in [0.3, 0.4) is 0 Å². The maximum atomic E-state index is 10.7. The zero-order valence-corrected chi connectivity index (χ0v) is 7.85. The van der Waals surface area contributed by atoms with E-state index in [4.69, 9.17) is 32.0 Å². The molecule has 0 aliphatic heterocycles. The molecule has 0 bridgehead atoms. The molecule has 1 heterocycles. The number of halogens is 2. The van der Waals surface area contributed by atoms with Gasteiger partial charge in [-0.25, -0.2) is 4.79 Å². The van der Waals surface area contributed by atoms with Crippen LogP contribution in [-0.2, 0) is 5.88 Å². The second kappa shape index (κ2) is 3.09. The molecule has 3 nitrogen and oxygen atoms in total. The third-order valence-electron chi connectivity index (χ3n) is 1.64. The summed E-state index contributed by atoms with van der Waals surface area (Å²) in [5.74, 6) is -0.471. The minimum atomic E-state index is -0.738. The number of rotatable bonds is 1. The Hall–Kier alpha value is -0.930. The van der Waals surface area contributed by atoms with Crippen LogP contribution in [0.2, 0.25) is 5.02 Å². The van der Waals surface area contributed by atoms with Gasteiger partial charge in [-0.15, -0.1) is 11.6 Å². The minimum Gasteiger partial charge on any atom is -0.391 e. The molecule has 2 rings (SSSR count). The van der Waals surface area contributed by atoms with E-state index in [0.717, 1.165) is 0 Å². The third kappa shape index (κ3) is 1.45. The van der Waals surface area contributed by atoms with Crippen LogP contribution in [0.15, 0.2) is 25.8 Å². The fourth-order valence-corrected chi connectivity index (χ4v) is 1.55. The lowest BCUT2D eigenvalue weighted by molar-refractivity contribution is 0.409. The molecule has 0 aliphatic rings. The predicted molar refractivity (Wildman–Crippen MR) is 49.3 cm³/mol. The van der Waals surface area contributed by atoms with Gasteiger partial charge in [0, 0.05) is 17.0 Å². The first-order chi connectivity index (χ1) is 6.20. The van der Waals surface area contributed by atoms with E-state index < -0.39 is 5.82 Å². The van der Waals surface area contributed by atoms with Crippen molar-refractivity contribution >= 4 is 34.4 Å². The number of hydrogen-bond donors (Lipinski definition) is 0. The van der Waals surface area contributed by atoms with Crippen LogP contribution in [0.4, 0.5) is 0 Å². The van der Waals surface area contributed by atoms with Gasteiger partial charge < -0.3 is 8.83 Å². The van der Waals surface area contributed by atoms with E-state index in [-0.39, 0.29) is 5.88 Å². The van der Waals surface area contributed by atoms with Gasteiger partial charge in [0.05, 0.1) is 0 Å². The molecule has 0 unspecified atom stereocenters. The van der Waals surface area contributed by atoms with Crippen LogP contribution in [0.25, 0.3) is 11.2 Å². The third-order valence-corrected chi connectivity index (χ3v) is 2.28. The highest BCUT2D eigenvalue weighted by molar-refractivity contribution is 6.32. The molecule has 0 fully saturated rings. The Morgan fingerprint density at radius 1 is 1.23 bits per heavy atom. The summed E-state index contributed by atoms with van der Waals surface area (Å²) in [5.41, 5.74) is 1.41. The molecule has 68 valence electrons. The van der Waals surface area contributed by atoms with Crippen molar-refractivity contribution in [2.75, 3.05) is 0 Å². The van der Waals surface area contributed by atoms with Crippen LogP contribution in [0, 0.1) is 0 Å². The highest BCUT2D eigenvalue weighted by Gasteiger charge is 2.08. The van der Waals surface area contributed by atoms with Crippen molar-refractivity contribution in [3.63, 3.8) is 0 Å². The summed E-state index contributed by atoms with van der Waals surface area (Å²) in [5, 5.41) is 0.465. The summed E-state index contributed by atoms with van der Waals surface area (Å²) in [4.78, 5) is 10.7. The number of hydrogen-bond acceptors (Lipinski definition) is 3. The van der Waals surface area contributed by atoms with Gasteiger partial charge in [0.2, 0.25) is 0 Å². The molecular weight excluding hydrogens is 215 g/mol. The smallest absolute Gasteiger partial charge is 0.391 e. The van der Waals surface area contributed by atoms with E-state index in [1.165, 1.54) is 6.07 Å². The second-order valence-corrected chi connectivity index (χ2v) is 3.15. The van der Waals surface area contributed by atoms with Gasteiger partial charge in [0.1, 0.15) is 0 Å². The molecule has 0 N–H and O–H groups in total. The Morgan fingerprint density at radius 3 is 2.46 bits per heavy atom. The van der Waals surface area contributed by atoms with E-state index in [1.54, 1.807) is 6.07 Å². The van der Waals surface area contributed by atoms with Crippen molar-refractivity contribution in [2.45, 2.75) is 5.88 Å². The highest BCUT2D eigenvalue weighted by atomic mass is 35.5. The summed E-state index contributed by atoms with van der Waals surface area (Å²) in [6, 6.07) is 3.11. The average Bonchev–Trinajstić information content (AvgIpc) is 2.42. The molecule has 13 heavy (non-hydrogen) atoms. The Labute approximate surface area is 82.8 Å². The van der Waals surface area contributed by atoms with Crippen molar-refractivity contribution in [1.29, 1.82) is 0 Å². The average molecular weight is 219 g/mol. The van der Waals surface area contributed by atoms with Crippen molar-refractivity contribution in [2.24, 2.45) is 0 Å². The first-order valence-electron chi connectivity index (χ1n) is 3.49. The number of alkyl halides is 1. The molecule has 0 amide bonds. The molecule has 5 heteroatoms. The summed E-state index contributed by atoms with van der Waals surface area (Å²) >= 11 is 11.4. The van der Waals surface area contributed by atoms with Crippen LogP contribution in [0.1, 0.15) is 5.56 Å². The van der Waals surface area contributed by atoms with Crippen molar-refractivity contribution in [1.82, 2.24) is 0 Å². The molecule has 2 aromatic rings. The number of benzene rings is 1. The van der Waals surface area contributed by atoms with Crippen LogP contribution >= 0.6 is 23.2 Å². The fraction of sp³-hybridized carbons (Fsp3) is 0.125. The minimum absolute atomic E-state index is 0.268. The zero-order valence-electron chi connectivity index (χ0n) is 6.34. The molecular formula is C8H4Cl2O3. The lowest BCUT2D eigenvalue weighted by Gasteiger charge is -1.96. The van der Waals surface area contributed by atoms with Crippen LogP contribution in [0.5, 0.6) is 0 Å². The topological polar surface area (TPSA) is 43.4 Å². The Bertz CT molecular complexity index is 498. The second-order valence-electron chi connectivity index (χ2n) is 2.48. The molecule has 0 aliphatic carbocycles. The maximum Gasteiger partial charge on any atom is 0.519 e. The van der Waals surface area contributed by atoms with E-state index in [1.807, 2.05) is 0 Å². The van der Waals surface area contributed by atoms with Gasteiger partial charge in [-0.2, -0.15) is 0 Å². The Balaban J connectivity index is 2.80. The summed E-state index contributed by atoms with van der Waals surface area (Å²) in [6.45, 7) is 0. The number of fused-ring (bicyclic) bond motifs is 1. The first kappa shape index (κ1) is 8.66. The van der Waals surface area contributed by atoms with Gasteiger partial charge in [-0.05, 0) is 11.6 Å². The van der Waals surface area contributed by atoms with Gasteiger partial charge in [-0.3, -0.25) is 0 Å². The molecule has 0 saturated carbocycles. The SMILES string of the molecule is O=c1oc2cc(Cl)c(CCl)cc2o1. The van der Waals surface area contributed by atoms with Crippen LogP contribution in [-0.4, -0.2) is 0 Å². The van der Waals surface area contributed by atoms with Crippen molar-refractivity contribution in [3.05, 3.63) is 33.3 Å². The predicted octanol–water partition coefficient (Wildman–Crippen LogP) is 2.78. The summed E-state index contributed by atoms with van der Waals surface area (Å²) < 4.78 is 9.42. The van der Waals surface area contributed by atoms with Gasteiger partial charge in [0.25, 0.3) is 0 Å². The zero-order chi connectivity index (χ0) is 9.42. The Kier molecular flexibility index (Phi) is 2.06. The first-order valence-corrected chi connectivity index (χ1v) is 4.40. The molecule has 0 saturated heterocycles. The van der Waals surface area contributed by atoms with Gasteiger partial charge in [0.15, 0.2) is 11.2 Å². The van der Waals surface area contributed by atoms with Crippen molar-refractivity contribution in [3.8, 4) is 0 Å². The maximum absolute atomic E-state index is 10.7. The lowest BCUT2D eigenvalue weighted by atomic mass is 10.2. The Morgan fingerprint density at radius 2 is 1.85 bits per heavy atom. The largest absolute Gasteiger partial charge is 0.519 e. The van der Waals surface area contributed by atoms with E-state index in [2.05, 4.69) is 0 Å². The van der Waals surface area contributed by atoms with Gasteiger partial charge in [-0.1, -0.05) is 11.6 Å². The summed E-state index contributed by atoms with van der Waals surface area (Å²) in [6.07, 6.45) is 0. The van der Waals surface area contributed by atoms with E-state index >= 15 is 0 Å². The normalized spacial score (nSPS) is 10.9. The fourth-order valence-electron chi connectivity index (χ4n) is 1.04. The molecule has 0 atom stereocenters. The summed E-state index contributed by atoms with van der Waals surface area (Å²) in [7, 11) is 0. The van der Waals surface area contributed by atoms with E-state index in [0.29, 0.717) is 21.8 Å². The molecule has 1 aromatic heterocycles. The van der Waals surface area contributed by atoms with Crippen LogP contribution < -0.4 is 5.82 Å². The standard InChI is InChI=1S/C8H4Cl2O3/c9-3-4-1-6-7(2-5(4)10)13-8(11)12-6/h1-2H,3H2. The van der Waals surface area contributed by atoms with Gasteiger partial charge >= 0.3 is 5.82 Å². The molecule has 1 aromatic carbocycles. The quantitative estimate of drug-likeness (QED) is 0.692. The monoisotopic (exact) mass is 218 g/mol. The molecule has 0 radical (unpaired) electrons. The lowest BCUT2D eigenvalue weighted by Crippen LogP contribution is -1.84.